The van der Waals surface area contributed by atoms with Gasteiger partial charge in [-0.05, 0) is 91.9 Å². The van der Waals surface area contributed by atoms with Gasteiger partial charge in [0.1, 0.15) is 0 Å². The van der Waals surface area contributed by atoms with Crippen LogP contribution in [0.4, 0.5) is 11.4 Å². The first kappa shape index (κ1) is 91.9. The number of unbranched alkanes of at least 4 members (excludes halogenated alkanes) is 1. The van der Waals surface area contributed by atoms with Gasteiger partial charge >= 0.3 is 140 Å². The van der Waals surface area contributed by atoms with E-state index >= 15 is 0 Å². The van der Waals surface area contributed by atoms with Gasteiger partial charge in [0.2, 0.25) is 11.8 Å². The van der Waals surface area contributed by atoms with Gasteiger partial charge < -0.3 is 94.3 Å². The molecule has 2 aromatic rings. The van der Waals surface area contributed by atoms with Gasteiger partial charge in [0.25, 0.3) is 0 Å². The number of carbonyl (C=O) groups excluding carboxylic acids is 2. The molecule has 0 heterocycles. The predicted molar refractivity (Wildman–Crippen MR) is 332 cm³/mol. The Morgan fingerprint density at radius 1 is 0.426 bits per heavy atom. The molecule has 41 heteroatoms. The largest absolute Gasteiger partial charge is 3.00 e. The number of carboxylic acid groups (broad SMARTS) is 10. The van der Waals surface area contributed by atoms with Crippen LogP contribution < -0.4 is 37.6 Å². The van der Waals surface area contributed by atoms with Crippen molar-refractivity contribution in [3.05, 3.63) is 59.7 Å². The Bertz CT molecular complexity index is 2740. The van der Waals surface area contributed by atoms with Crippen molar-refractivity contribution in [2.75, 3.05) is 135 Å². The maximum Gasteiger partial charge on any atom is 3.00 e. The number of nitrogens with two attached hydrogens (primary N) is 1. The molecule has 0 bridgehead atoms. The Hall–Kier alpha value is -6.25. The fourth-order valence-corrected chi connectivity index (χ4v) is 9.45. The van der Waals surface area contributed by atoms with E-state index in [-0.39, 0.29) is 166 Å². The second-order valence-electron chi connectivity index (χ2n) is 20.4. The van der Waals surface area contributed by atoms with Crippen molar-refractivity contribution in [1.82, 2.24) is 50.7 Å². The average Bonchev–Trinajstić information content (AvgIpc) is 0.970. The van der Waals surface area contributed by atoms with E-state index in [1.165, 1.54) is 9.80 Å². The summed E-state index contributed by atoms with van der Waals surface area (Å²) >= 11 is 10.9. The first-order chi connectivity index (χ1) is 42.3. The molecule has 0 saturated heterocycles. The zero-order valence-corrected chi connectivity index (χ0v) is 56.6. The van der Waals surface area contributed by atoms with E-state index in [9.17, 15) is 109 Å². The molecule has 524 valence electrons. The normalized spacial score (nSPS) is 11.7. The number of rotatable bonds is 49. The number of hydrogen-bond acceptors (Lipinski definition) is 21. The molecular formula is C53H81Gd2N13O24S2+6. The summed E-state index contributed by atoms with van der Waals surface area (Å²) in [7, 11) is 0. The Kier molecular flexibility index (Phi) is 49.1. The van der Waals surface area contributed by atoms with Crippen LogP contribution >= 0.6 is 24.4 Å². The summed E-state index contributed by atoms with van der Waals surface area (Å²) in [5.41, 5.74) is 7.37. The van der Waals surface area contributed by atoms with Crippen molar-refractivity contribution in [2.45, 2.75) is 50.2 Å². The van der Waals surface area contributed by atoms with Gasteiger partial charge in [0.15, 0.2) is 10.2 Å². The molecular weight excluding hydrogens is 1580 g/mol. The van der Waals surface area contributed by atoms with Crippen molar-refractivity contribution in [2.24, 2.45) is 5.73 Å². The number of aliphatic carboxylic acids is 10. The molecule has 0 fully saturated rings. The summed E-state index contributed by atoms with van der Waals surface area (Å²) < 4.78 is 0. The number of anilines is 2. The number of primary amides is 1. The Labute approximate surface area is 613 Å². The average molecular weight is 1660 g/mol. The second kappa shape index (κ2) is 50.2. The fraction of sp³-hybridized carbons (Fsp3) is 0.509. The predicted octanol–water partition coefficient (Wildman–Crippen LogP) is -5.52. The molecule has 2 aromatic carbocycles. The van der Waals surface area contributed by atoms with Gasteiger partial charge in [-0.25, -0.2) is 0 Å². The molecule has 2 rings (SSSR count). The Morgan fingerprint density at radius 2 is 0.734 bits per heavy atom. The van der Waals surface area contributed by atoms with Crippen LogP contribution in [0.15, 0.2) is 48.5 Å². The molecule has 2 radical (unpaired) electrons. The molecule has 1 unspecified atom stereocenters. The number of thiocarbonyl (C=S) groups is 2. The van der Waals surface area contributed by atoms with Crippen molar-refractivity contribution in [3.8, 4) is 0 Å². The number of nitrogens with zero attached hydrogens (tertiary/aromatic N) is 6. The summed E-state index contributed by atoms with van der Waals surface area (Å²) in [6, 6.07) is 10.4. The van der Waals surface area contributed by atoms with Crippen LogP contribution in [0.2, 0.25) is 0 Å². The third-order valence-corrected chi connectivity index (χ3v) is 13.4. The van der Waals surface area contributed by atoms with Gasteiger partial charge in [-0.3, -0.25) is 92.3 Å². The van der Waals surface area contributed by atoms with E-state index in [4.69, 9.17) is 30.2 Å². The minimum absolute atomic E-state index is 0. The number of nitrogens with one attached hydrogen (secondary N) is 6. The van der Waals surface area contributed by atoms with Gasteiger partial charge in [0, 0.05) is 69.3 Å². The number of carbonyl (C=O) groups is 12. The molecule has 0 saturated carbocycles. The van der Waals surface area contributed by atoms with Crippen molar-refractivity contribution in [1.29, 1.82) is 0 Å². The van der Waals surface area contributed by atoms with Crippen LogP contribution in [0.5, 0.6) is 0 Å². The van der Waals surface area contributed by atoms with Crippen LogP contribution in [0.1, 0.15) is 30.4 Å². The number of hydrogen-bond donors (Lipinski definition) is 17. The van der Waals surface area contributed by atoms with Crippen LogP contribution in [0, 0.1) is 79.9 Å². The quantitative estimate of drug-likeness (QED) is 0.0167. The van der Waals surface area contributed by atoms with E-state index in [0.29, 0.717) is 41.9 Å². The summed E-state index contributed by atoms with van der Waals surface area (Å²) in [5.74, 6) is -14.7. The third kappa shape index (κ3) is 43.7. The zero-order valence-electron chi connectivity index (χ0n) is 50.5. The van der Waals surface area contributed by atoms with Gasteiger partial charge in [-0.2, -0.15) is 0 Å². The molecule has 3 atom stereocenters. The number of amides is 2. The van der Waals surface area contributed by atoms with E-state index in [1.807, 2.05) is 0 Å². The minimum atomic E-state index is -1.37. The summed E-state index contributed by atoms with van der Waals surface area (Å²) in [6.45, 7) is -8.15. The van der Waals surface area contributed by atoms with Crippen LogP contribution in [0.25, 0.3) is 0 Å². The molecule has 0 aliphatic heterocycles. The maximum atomic E-state index is 13.1. The smallest absolute Gasteiger partial charge is 0.480 e. The molecule has 0 spiro atoms. The van der Waals surface area contributed by atoms with Crippen molar-refractivity contribution < 1.29 is 199 Å². The van der Waals surface area contributed by atoms with Crippen molar-refractivity contribution >= 4 is 118 Å². The zero-order chi connectivity index (χ0) is 67.5. The monoisotopic (exact) mass is 1660 g/mol. The topological polar surface area (TPSA) is 588 Å². The minimum Gasteiger partial charge on any atom is -0.480 e. The van der Waals surface area contributed by atoms with Gasteiger partial charge in [-0.15, -0.1) is 0 Å². The van der Waals surface area contributed by atoms with Gasteiger partial charge in [-0.1, -0.05) is 24.3 Å². The fourth-order valence-electron chi connectivity index (χ4n) is 9.04. The second-order valence-corrected chi connectivity index (χ2v) is 21.2. The van der Waals surface area contributed by atoms with Crippen LogP contribution in [-0.4, -0.2) is 316 Å². The van der Waals surface area contributed by atoms with Crippen molar-refractivity contribution in [3.63, 3.8) is 0 Å². The Morgan fingerprint density at radius 3 is 1.05 bits per heavy atom. The van der Waals surface area contributed by atoms with Crippen LogP contribution in [0.3, 0.4) is 0 Å². The molecule has 22 N–H and O–H groups in total. The van der Waals surface area contributed by atoms with E-state index in [0.717, 1.165) is 19.6 Å². The molecule has 2 amide bonds. The Balaban J connectivity index is -0.0000207. The van der Waals surface area contributed by atoms with E-state index in [2.05, 4.69) is 31.9 Å². The molecule has 0 aliphatic rings. The summed E-state index contributed by atoms with van der Waals surface area (Å²) in [4.78, 5) is 148. The van der Waals surface area contributed by atoms with E-state index < -0.39 is 162 Å². The standard InChI is InChI=1S/C53H77N13O22S2.2Gd.2H2O/c54-40(67)19-56-51(88)39(57-32-58-53(90)60-36-10-6-34(7-11-36)18-38(66(30-49(84)85)31-50(86)87)21-62(23-42(70)71)14-16-64(26-45(76)77)27-46(78)79)3-1-2-12-55-52(89)59-35-8-4-33(5-9-35)17-37(65(28-47(80)81)29-48(82)83)20-61(22-41(68)69)13-15-63(24-43(72)73)25-44(74)75;;;;/h4-11,37-39,57H,1-3,12-32H2,(H2,54,67)(H,56,88)(H,68,69)(H,70,71)(H,72,73)(H,74,75)(H,76,77)(H,78,79)(H,80,81)(H,82,83)(H,84,85)(H,86,87)(H2,55,59,89)(H2,58,60,90);;;2*1H2/q;2*+3;;/t37-,38-,39?;;;;/m0..../s1. The summed E-state index contributed by atoms with van der Waals surface area (Å²) in [5, 5.41) is 113. The molecule has 37 nitrogen and oxygen atoms in total. The van der Waals surface area contributed by atoms with Crippen LogP contribution in [-0.2, 0) is 70.4 Å². The molecule has 94 heavy (non-hydrogen) atoms. The van der Waals surface area contributed by atoms with E-state index in [1.54, 1.807) is 48.5 Å². The SMILES string of the molecule is NC(=O)CNC(=O)C(CCCCNC(=S)Nc1ccc(C[C@@H](CN(CCN(CC(=O)O)CC(=O)O)CC(=O)O)N(CC(=O)O)CC(=O)O)cc1)NCNC(=S)Nc1ccc(C[C@@H](CN(CCN(CC(=O)O)CC(=O)O)CC(=O)O)N(CC(=O)O)CC(=O)O)cc1.O.O.[Gd+3].[Gd+3]. The first-order valence-corrected chi connectivity index (χ1v) is 28.3. The van der Waals surface area contributed by atoms with Gasteiger partial charge in [0.05, 0.1) is 84.7 Å². The maximum absolute atomic E-state index is 13.1. The molecule has 0 aromatic heterocycles. The summed E-state index contributed by atoms with van der Waals surface area (Å²) in [6.07, 6.45) is 1.23. The number of benzene rings is 2. The number of carboxylic acids is 10. The molecule has 0 aliphatic carbocycles. The first-order valence-electron chi connectivity index (χ1n) is 27.5. The third-order valence-electron chi connectivity index (χ3n) is 12.9.